The predicted molar refractivity (Wildman–Crippen MR) is 93.7 cm³/mol. The van der Waals surface area contributed by atoms with Crippen molar-refractivity contribution in [1.29, 1.82) is 0 Å². The van der Waals surface area contributed by atoms with Gasteiger partial charge in [0, 0.05) is 17.7 Å². The van der Waals surface area contributed by atoms with Crippen LogP contribution in [-0.2, 0) is 4.79 Å². The number of aliphatic carboxylic acids is 1. The summed E-state index contributed by atoms with van der Waals surface area (Å²) >= 11 is 0. The van der Waals surface area contributed by atoms with E-state index in [1.54, 1.807) is 18.5 Å². The van der Waals surface area contributed by atoms with E-state index in [-0.39, 0.29) is 0 Å². The van der Waals surface area contributed by atoms with Crippen LogP contribution in [0.5, 0.6) is 0 Å². The Hall–Kier alpha value is -2.73. The summed E-state index contributed by atoms with van der Waals surface area (Å²) in [6, 6.07) is 7.99. The van der Waals surface area contributed by atoms with Crippen LogP contribution in [0.2, 0.25) is 0 Å². The Morgan fingerprint density at radius 1 is 1.29 bits per heavy atom. The summed E-state index contributed by atoms with van der Waals surface area (Å²) in [5.41, 5.74) is 2.48. The highest BCUT2D eigenvalue weighted by Crippen LogP contribution is 2.20. The largest absolute Gasteiger partial charge is 0.478 e. The number of carboxylic acids is 1. The molecule has 0 aliphatic carbocycles. The third-order valence-electron chi connectivity index (χ3n) is 3.93. The first kappa shape index (κ1) is 16.1. The van der Waals surface area contributed by atoms with Gasteiger partial charge in [-0.2, -0.15) is 0 Å². The van der Waals surface area contributed by atoms with E-state index < -0.39 is 5.97 Å². The molecule has 124 valence electrons. The average Bonchev–Trinajstić information content (AvgIpc) is 2.61. The van der Waals surface area contributed by atoms with Crippen LogP contribution >= 0.6 is 0 Å². The van der Waals surface area contributed by atoms with Gasteiger partial charge in [-0.25, -0.2) is 9.78 Å². The number of benzene rings is 1. The third kappa shape index (κ3) is 4.39. The molecule has 0 bridgehead atoms. The van der Waals surface area contributed by atoms with Crippen molar-refractivity contribution >= 4 is 17.9 Å². The van der Waals surface area contributed by atoms with Gasteiger partial charge < -0.3 is 15.7 Å². The maximum Gasteiger partial charge on any atom is 0.328 e. The molecule has 6 nitrogen and oxygen atoms in total. The molecule has 0 radical (unpaired) electrons. The number of nitrogens with one attached hydrogen (secondary N) is 2. The first-order chi connectivity index (χ1) is 11.7. The fraction of sp³-hybridized carbons (Fsp3) is 0.278. The summed E-state index contributed by atoms with van der Waals surface area (Å²) in [6.07, 6.45) is 8.28. The molecule has 3 rings (SSSR count). The van der Waals surface area contributed by atoms with Crippen molar-refractivity contribution in [2.75, 3.05) is 18.4 Å². The Morgan fingerprint density at radius 3 is 2.92 bits per heavy atom. The molecule has 0 amide bonds. The predicted octanol–water partition coefficient (Wildman–Crippen LogP) is 2.41. The number of anilines is 1. The minimum Gasteiger partial charge on any atom is -0.478 e. The smallest absolute Gasteiger partial charge is 0.328 e. The molecule has 2 heterocycles. The second-order valence-corrected chi connectivity index (χ2v) is 5.76. The summed E-state index contributed by atoms with van der Waals surface area (Å²) in [5.74, 6) is -0.195. The summed E-state index contributed by atoms with van der Waals surface area (Å²) in [4.78, 5) is 19.6. The number of rotatable bonds is 5. The minimum atomic E-state index is -0.964. The van der Waals surface area contributed by atoms with Gasteiger partial charge in [0.2, 0.25) is 0 Å². The van der Waals surface area contributed by atoms with Crippen LogP contribution in [0.1, 0.15) is 18.4 Å². The molecule has 1 fully saturated rings. The van der Waals surface area contributed by atoms with E-state index >= 15 is 0 Å². The molecule has 0 unspecified atom stereocenters. The normalized spacial score (nSPS) is 15.5. The van der Waals surface area contributed by atoms with Gasteiger partial charge >= 0.3 is 5.97 Å². The molecule has 0 saturated carbocycles. The maximum atomic E-state index is 10.6. The van der Waals surface area contributed by atoms with Crippen molar-refractivity contribution in [2.45, 2.75) is 18.9 Å². The maximum absolute atomic E-state index is 10.6. The van der Waals surface area contributed by atoms with E-state index in [2.05, 4.69) is 20.6 Å². The van der Waals surface area contributed by atoms with Gasteiger partial charge in [-0.1, -0.05) is 18.2 Å². The summed E-state index contributed by atoms with van der Waals surface area (Å²) in [7, 11) is 0. The monoisotopic (exact) mass is 324 g/mol. The molecule has 2 aromatic rings. The van der Waals surface area contributed by atoms with Crippen LogP contribution in [0.15, 0.2) is 42.7 Å². The van der Waals surface area contributed by atoms with Crippen LogP contribution in [-0.4, -0.2) is 40.2 Å². The van der Waals surface area contributed by atoms with Crippen LogP contribution in [0.4, 0.5) is 5.82 Å². The Kier molecular flexibility index (Phi) is 5.18. The molecule has 1 aromatic heterocycles. The lowest BCUT2D eigenvalue weighted by Gasteiger charge is -2.24. The van der Waals surface area contributed by atoms with Crippen molar-refractivity contribution in [2.24, 2.45) is 0 Å². The van der Waals surface area contributed by atoms with Crippen molar-refractivity contribution < 1.29 is 9.90 Å². The van der Waals surface area contributed by atoms with Gasteiger partial charge in [0.05, 0.1) is 18.1 Å². The second kappa shape index (κ2) is 7.70. The Morgan fingerprint density at radius 2 is 2.12 bits per heavy atom. The topological polar surface area (TPSA) is 87.1 Å². The van der Waals surface area contributed by atoms with E-state index in [1.165, 1.54) is 0 Å². The summed E-state index contributed by atoms with van der Waals surface area (Å²) in [5, 5.41) is 15.5. The quantitative estimate of drug-likeness (QED) is 0.732. The third-order valence-corrected chi connectivity index (χ3v) is 3.93. The molecule has 1 aliphatic heterocycles. The second-order valence-electron chi connectivity index (χ2n) is 5.76. The average molecular weight is 324 g/mol. The van der Waals surface area contributed by atoms with Crippen LogP contribution in [0, 0.1) is 0 Å². The highest BCUT2D eigenvalue weighted by molar-refractivity contribution is 5.85. The number of carbonyl (C=O) groups is 1. The lowest BCUT2D eigenvalue weighted by atomic mass is 10.1. The molecule has 3 N–H and O–H groups in total. The molecular weight excluding hydrogens is 304 g/mol. The summed E-state index contributed by atoms with van der Waals surface area (Å²) in [6.45, 7) is 2.03. The fourth-order valence-corrected chi connectivity index (χ4v) is 2.72. The van der Waals surface area contributed by atoms with Gasteiger partial charge in [0.25, 0.3) is 0 Å². The highest BCUT2D eigenvalue weighted by atomic mass is 16.4. The molecule has 0 spiro atoms. The van der Waals surface area contributed by atoms with Gasteiger partial charge in [0.15, 0.2) is 0 Å². The van der Waals surface area contributed by atoms with Crippen LogP contribution < -0.4 is 10.6 Å². The molecule has 0 atom stereocenters. The Balaban J connectivity index is 1.78. The van der Waals surface area contributed by atoms with Gasteiger partial charge in [-0.3, -0.25) is 4.98 Å². The van der Waals surface area contributed by atoms with Crippen molar-refractivity contribution in [3.05, 3.63) is 48.3 Å². The standard InChI is InChI=1S/C18H20N4O2/c23-18(24)5-4-13-2-1-3-14(10-13)16-11-20-12-17(22-16)21-15-6-8-19-9-7-15/h1-5,10-12,15,19H,6-9H2,(H,21,22)(H,23,24). The number of hydrogen-bond donors (Lipinski definition) is 3. The van der Waals surface area contributed by atoms with E-state index in [0.29, 0.717) is 6.04 Å². The molecular formula is C18H20N4O2. The minimum absolute atomic E-state index is 0.417. The number of hydrogen-bond acceptors (Lipinski definition) is 5. The molecule has 1 aliphatic rings. The first-order valence-electron chi connectivity index (χ1n) is 8.01. The van der Waals surface area contributed by atoms with E-state index in [0.717, 1.165) is 54.6 Å². The SMILES string of the molecule is O=C(O)C=Cc1cccc(-c2cncc(NC3CCNCC3)n2)c1. The first-order valence-corrected chi connectivity index (χ1v) is 8.01. The van der Waals surface area contributed by atoms with Gasteiger partial charge in [0.1, 0.15) is 5.82 Å². The van der Waals surface area contributed by atoms with Gasteiger partial charge in [-0.05, 0) is 43.6 Å². The van der Waals surface area contributed by atoms with Crippen LogP contribution in [0.25, 0.3) is 17.3 Å². The van der Waals surface area contributed by atoms with E-state index in [1.807, 2.05) is 24.3 Å². The zero-order chi connectivity index (χ0) is 16.8. The van der Waals surface area contributed by atoms with Crippen molar-refractivity contribution in [3.63, 3.8) is 0 Å². The Labute approximate surface area is 140 Å². The van der Waals surface area contributed by atoms with E-state index in [4.69, 9.17) is 5.11 Å². The summed E-state index contributed by atoms with van der Waals surface area (Å²) < 4.78 is 0. The molecule has 6 heteroatoms. The number of aromatic nitrogens is 2. The lowest BCUT2D eigenvalue weighted by Crippen LogP contribution is -2.35. The highest BCUT2D eigenvalue weighted by Gasteiger charge is 2.13. The number of carboxylic acid groups (broad SMARTS) is 1. The van der Waals surface area contributed by atoms with Gasteiger partial charge in [-0.15, -0.1) is 0 Å². The molecule has 1 saturated heterocycles. The van der Waals surface area contributed by atoms with E-state index in [9.17, 15) is 4.79 Å². The fourth-order valence-electron chi connectivity index (χ4n) is 2.72. The zero-order valence-corrected chi connectivity index (χ0v) is 13.3. The molecule has 24 heavy (non-hydrogen) atoms. The van der Waals surface area contributed by atoms with Crippen LogP contribution in [0.3, 0.4) is 0 Å². The Bertz CT molecular complexity index is 739. The number of piperidine rings is 1. The van der Waals surface area contributed by atoms with Crippen molar-refractivity contribution in [1.82, 2.24) is 15.3 Å². The lowest BCUT2D eigenvalue weighted by molar-refractivity contribution is -0.131. The zero-order valence-electron chi connectivity index (χ0n) is 13.3. The van der Waals surface area contributed by atoms with Crippen molar-refractivity contribution in [3.8, 4) is 11.3 Å². The number of nitrogens with zero attached hydrogens (tertiary/aromatic N) is 2. The molecule has 1 aromatic carbocycles.